The second-order valence-electron chi connectivity index (χ2n) is 5.79. The largest absolute Gasteiger partial charge is 0.388 e. The average Bonchev–Trinajstić information content (AvgIpc) is 2.45. The molecule has 0 heterocycles. The van der Waals surface area contributed by atoms with Gasteiger partial charge in [-0.25, -0.2) is 0 Å². The van der Waals surface area contributed by atoms with Crippen molar-refractivity contribution in [3.63, 3.8) is 0 Å². The lowest BCUT2D eigenvalue weighted by molar-refractivity contribution is 0.277. The Balaban J connectivity index is 0. The molecule has 0 saturated carbocycles. The van der Waals surface area contributed by atoms with Crippen LogP contribution in [0.4, 0.5) is 0 Å². The maximum absolute atomic E-state index is 5.47. The molecule has 0 amide bonds. The minimum Gasteiger partial charge on any atom is -0.388 e. The van der Waals surface area contributed by atoms with E-state index in [-0.39, 0.29) is 0 Å². The molecule has 0 aliphatic carbocycles. The van der Waals surface area contributed by atoms with Gasteiger partial charge in [0.1, 0.15) is 0 Å². The molecule has 20 heavy (non-hydrogen) atoms. The van der Waals surface area contributed by atoms with Crippen LogP contribution < -0.4 is 5.73 Å². The van der Waals surface area contributed by atoms with Gasteiger partial charge in [-0.05, 0) is 13.0 Å². The van der Waals surface area contributed by atoms with Gasteiger partial charge in [0.15, 0.2) is 0 Å². The van der Waals surface area contributed by atoms with Gasteiger partial charge in [-0.3, -0.25) is 0 Å². The average molecular weight is 288 g/mol. The molecule has 0 spiro atoms. The van der Waals surface area contributed by atoms with Crippen LogP contribution in [0.1, 0.15) is 96.8 Å². The summed E-state index contributed by atoms with van der Waals surface area (Å²) in [7, 11) is 3.25. The van der Waals surface area contributed by atoms with E-state index < -0.39 is 0 Å². The summed E-state index contributed by atoms with van der Waals surface area (Å²) in [5, 5.41) is 0. The van der Waals surface area contributed by atoms with Crippen LogP contribution >= 0.6 is 0 Å². The Labute approximate surface area is 128 Å². The second-order valence-corrected chi connectivity index (χ2v) is 5.79. The van der Waals surface area contributed by atoms with Gasteiger partial charge < -0.3 is 10.5 Å². The summed E-state index contributed by atoms with van der Waals surface area (Å²) in [5.41, 5.74) is 5.47. The summed E-state index contributed by atoms with van der Waals surface area (Å²) in [6, 6.07) is 0. The Bertz CT molecular complexity index is 125. The van der Waals surface area contributed by atoms with Gasteiger partial charge in [0.25, 0.3) is 0 Å². The lowest BCUT2D eigenvalue weighted by Crippen LogP contribution is -1.97. The van der Waals surface area contributed by atoms with Crippen molar-refractivity contribution in [1.29, 1.82) is 0 Å². The molecule has 0 unspecified atom stereocenters. The van der Waals surface area contributed by atoms with Crippen molar-refractivity contribution in [2.75, 3.05) is 20.8 Å². The van der Waals surface area contributed by atoms with Gasteiger partial charge in [-0.2, -0.15) is 0 Å². The molecule has 2 nitrogen and oxygen atoms in total. The van der Waals surface area contributed by atoms with Gasteiger partial charge in [0.2, 0.25) is 0 Å². The molecule has 0 rings (SSSR count). The third-order valence-electron chi connectivity index (χ3n) is 3.56. The monoisotopic (exact) mass is 287 g/mol. The number of methoxy groups -OCH3 is 1. The minimum atomic E-state index is 0.873. The molecule has 0 aliphatic rings. The number of nitrogens with two attached hydrogens (primary N) is 1. The van der Waals surface area contributed by atoms with E-state index >= 15 is 0 Å². The molecule has 0 aromatic carbocycles. The van der Waals surface area contributed by atoms with E-state index in [4.69, 9.17) is 5.73 Å². The molecule has 0 aliphatic heterocycles. The quantitative estimate of drug-likeness (QED) is 0.417. The predicted octanol–water partition coefficient (Wildman–Crippen LogP) is 5.69. The number of hydrogen-bond acceptors (Lipinski definition) is 2. The van der Waals surface area contributed by atoms with Crippen LogP contribution in [-0.2, 0) is 4.74 Å². The van der Waals surface area contributed by atoms with E-state index in [1.165, 1.54) is 89.9 Å². The smallest absolute Gasteiger partial charge is 0.0351 e. The summed E-state index contributed by atoms with van der Waals surface area (Å²) >= 11 is 0. The Hall–Kier alpha value is -0.0800. The van der Waals surface area contributed by atoms with E-state index in [2.05, 4.69) is 11.7 Å². The van der Waals surface area contributed by atoms with Gasteiger partial charge in [-0.15, -0.1) is 0 Å². The first kappa shape index (κ1) is 22.2. The van der Waals surface area contributed by atoms with Crippen LogP contribution in [0.15, 0.2) is 0 Å². The normalized spacial score (nSPS) is 10.2. The van der Waals surface area contributed by atoms with Crippen LogP contribution in [0.5, 0.6) is 0 Å². The third kappa shape index (κ3) is 26.5. The van der Waals surface area contributed by atoms with Crippen molar-refractivity contribution < 1.29 is 4.74 Å². The zero-order chi connectivity index (χ0) is 15.3. The fourth-order valence-corrected chi connectivity index (χ4v) is 2.34. The maximum Gasteiger partial charge on any atom is 0.0351 e. The zero-order valence-corrected chi connectivity index (χ0v) is 14.6. The number of unbranched alkanes of at least 4 members (excludes halogenated alkanes) is 13. The fraction of sp³-hybridized carbons (Fsp3) is 1.00. The number of rotatable bonds is 14. The van der Waals surface area contributed by atoms with Gasteiger partial charge in [0, 0.05) is 14.2 Å². The van der Waals surface area contributed by atoms with Crippen molar-refractivity contribution in [2.24, 2.45) is 5.73 Å². The van der Waals surface area contributed by atoms with Crippen LogP contribution in [-0.4, -0.2) is 20.8 Å². The molecule has 0 fully saturated rings. The Morgan fingerprint density at radius 1 is 0.550 bits per heavy atom. The highest BCUT2D eigenvalue weighted by Crippen LogP contribution is 2.12. The first-order valence-electron chi connectivity index (χ1n) is 8.93. The SMILES string of the molecule is CCCCCCCCCCCCCCCCN.COC. The molecule has 0 radical (unpaired) electrons. The molecular formula is C18H41NO. The van der Waals surface area contributed by atoms with E-state index in [1.807, 2.05) is 0 Å². The zero-order valence-electron chi connectivity index (χ0n) is 14.6. The molecule has 0 aromatic rings. The fourth-order valence-electron chi connectivity index (χ4n) is 2.34. The highest BCUT2D eigenvalue weighted by Gasteiger charge is 1.93. The van der Waals surface area contributed by atoms with Crippen LogP contribution in [0.2, 0.25) is 0 Å². The second kappa shape index (κ2) is 24.0. The summed E-state index contributed by atoms with van der Waals surface area (Å²) in [6.45, 7) is 3.16. The summed E-state index contributed by atoms with van der Waals surface area (Å²) in [5.74, 6) is 0. The van der Waals surface area contributed by atoms with E-state index in [0.717, 1.165) is 6.54 Å². The van der Waals surface area contributed by atoms with Crippen molar-refractivity contribution in [1.82, 2.24) is 0 Å². The topological polar surface area (TPSA) is 35.2 Å². The molecule has 0 atom stereocenters. The van der Waals surface area contributed by atoms with Gasteiger partial charge >= 0.3 is 0 Å². The predicted molar refractivity (Wildman–Crippen MR) is 92.3 cm³/mol. The van der Waals surface area contributed by atoms with Crippen LogP contribution in [0, 0.1) is 0 Å². The van der Waals surface area contributed by atoms with E-state index in [9.17, 15) is 0 Å². The molecule has 0 aromatic heterocycles. The van der Waals surface area contributed by atoms with Gasteiger partial charge in [0.05, 0.1) is 0 Å². The summed E-state index contributed by atoms with van der Waals surface area (Å²) < 4.78 is 4.25. The summed E-state index contributed by atoms with van der Waals surface area (Å²) in [6.07, 6.45) is 19.9. The van der Waals surface area contributed by atoms with E-state index in [1.54, 1.807) is 14.2 Å². The van der Waals surface area contributed by atoms with Crippen LogP contribution in [0.3, 0.4) is 0 Å². The molecule has 124 valence electrons. The van der Waals surface area contributed by atoms with Crippen molar-refractivity contribution in [3.8, 4) is 0 Å². The maximum atomic E-state index is 5.47. The Morgan fingerprint density at radius 3 is 1.05 bits per heavy atom. The lowest BCUT2D eigenvalue weighted by Gasteiger charge is -2.02. The van der Waals surface area contributed by atoms with Crippen molar-refractivity contribution in [2.45, 2.75) is 96.8 Å². The minimum absolute atomic E-state index is 0.873. The van der Waals surface area contributed by atoms with Crippen molar-refractivity contribution in [3.05, 3.63) is 0 Å². The van der Waals surface area contributed by atoms with Gasteiger partial charge in [-0.1, -0.05) is 90.4 Å². The standard InChI is InChI=1S/C16H35N.C2H6O/c1-2-3-4-5-6-7-8-9-10-11-12-13-14-15-16-17;1-3-2/h2-17H2,1H3;1-2H3. The third-order valence-corrected chi connectivity index (χ3v) is 3.56. The van der Waals surface area contributed by atoms with Crippen molar-refractivity contribution >= 4 is 0 Å². The Morgan fingerprint density at radius 2 is 0.800 bits per heavy atom. The number of ether oxygens (including phenoxy) is 1. The van der Waals surface area contributed by atoms with Crippen LogP contribution in [0.25, 0.3) is 0 Å². The first-order chi connectivity index (χ1) is 9.83. The Kier molecular flexibility index (Phi) is 26.6. The molecular weight excluding hydrogens is 246 g/mol. The highest BCUT2D eigenvalue weighted by atomic mass is 16.4. The highest BCUT2D eigenvalue weighted by molar-refractivity contribution is 4.49. The molecule has 0 saturated heterocycles. The molecule has 2 heteroatoms. The van der Waals surface area contributed by atoms with E-state index in [0.29, 0.717) is 0 Å². The summed E-state index contributed by atoms with van der Waals surface area (Å²) in [4.78, 5) is 0. The number of hydrogen-bond donors (Lipinski definition) is 1. The lowest BCUT2D eigenvalue weighted by atomic mass is 10.0. The first-order valence-corrected chi connectivity index (χ1v) is 8.93. The molecule has 0 bridgehead atoms. The molecule has 2 N–H and O–H groups in total.